The zero-order valence-electron chi connectivity index (χ0n) is 12.2. The SMILES string of the molecule is CCCCOc1cc(CNNc2ccccc2)ccc1F. The Balaban J connectivity index is 1.86. The highest BCUT2D eigenvalue weighted by Crippen LogP contribution is 2.19. The molecule has 2 N–H and O–H groups in total. The summed E-state index contributed by atoms with van der Waals surface area (Å²) in [5.74, 6) is 0.00772. The van der Waals surface area contributed by atoms with Crippen LogP contribution in [0, 0.1) is 5.82 Å². The van der Waals surface area contributed by atoms with Crippen LogP contribution >= 0.6 is 0 Å². The molecule has 2 aromatic rings. The third-order valence-corrected chi connectivity index (χ3v) is 3.05. The maximum atomic E-state index is 13.6. The highest BCUT2D eigenvalue weighted by Gasteiger charge is 2.04. The van der Waals surface area contributed by atoms with Gasteiger partial charge in [-0.15, -0.1) is 0 Å². The molecule has 0 aliphatic carbocycles. The van der Waals surface area contributed by atoms with Crippen molar-refractivity contribution in [1.82, 2.24) is 5.43 Å². The molecule has 2 aromatic carbocycles. The Kier molecular flexibility index (Phi) is 6.03. The number of anilines is 1. The van der Waals surface area contributed by atoms with E-state index >= 15 is 0 Å². The van der Waals surface area contributed by atoms with Gasteiger partial charge in [0.1, 0.15) is 0 Å². The molecule has 0 atom stereocenters. The van der Waals surface area contributed by atoms with E-state index < -0.39 is 0 Å². The molecule has 112 valence electrons. The molecule has 21 heavy (non-hydrogen) atoms. The number of para-hydroxylation sites is 1. The van der Waals surface area contributed by atoms with Crippen LogP contribution in [0.4, 0.5) is 10.1 Å². The summed E-state index contributed by atoms with van der Waals surface area (Å²) >= 11 is 0. The maximum absolute atomic E-state index is 13.6. The molecular weight excluding hydrogens is 267 g/mol. The molecule has 0 aromatic heterocycles. The van der Waals surface area contributed by atoms with Crippen LogP contribution < -0.4 is 15.6 Å². The van der Waals surface area contributed by atoms with E-state index in [0.717, 1.165) is 24.1 Å². The van der Waals surface area contributed by atoms with E-state index in [-0.39, 0.29) is 5.82 Å². The van der Waals surface area contributed by atoms with Crippen LogP contribution in [0.3, 0.4) is 0 Å². The number of hydrogen-bond acceptors (Lipinski definition) is 3. The summed E-state index contributed by atoms with van der Waals surface area (Å²) in [6, 6.07) is 14.8. The number of hydrazine groups is 1. The molecule has 0 saturated carbocycles. The van der Waals surface area contributed by atoms with Crippen molar-refractivity contribution in [3.8, 4) is 5.75 Å². The third-order valence-electron chi connectivity index (χ3n) is 3.05. The molecule has 0 saturated heterocycles. The molecule has 0 aliphatic heterocycles. The Morgan fingerprint density at radius 1 is 1.10 bits per heavy atom. The lowest BCUT2D eigenvalue weighted by Crippen LogP contribution is -2.20. The Bertz CT molecular complexity index is 546. The zero-order valence-corrected chi connectivity index (χ0v) is 12.2. The van der Waals surface area contributed by atoms with Gasteiger partial charge < -0.3 is 10.2 Å². The fraction of sp³-hybridized carbons (Fsp3) is 0.294. The molecule has 0 spiro atoms. The summed E-state index contributed by atoms with van der Waals surface area (Å²) < 4.78 is 19.1. The van der Waals surface area contributed by atoms with Crippen molar-refractivity contribution in [2.45, 2.75) is 26.3 Å². The summed E-state index contributed by atoms with van der Waals surface area (Å²) in [7, 11) is 0. The fourth-order valence-electron chi connectivity index (χ4n) is 1.86. The first kappa shape index (κ1) is 15.3. The van der Waals surface area contributed by atoms with Crippen LogP contribution in [0.25, 0.3) is 0 Å². The van der Waals surface area contributed by atoms with E-state index in [1.807, 2.05) is 30.3 Å². The molecule has 4 heteroatoms. The molecule has 2 rings (SSSR count). The molecule has 0 fully saturated rings. The largest absolute Gasteiger partial charge is 0.491 e. The van der Waals surface area contributed by atoms with Gasteiger partial charge in [-0.2, -0.15) is 0 Å². The number of hydrogen-bond donors (Lipinski definition) is 2. The van der Waals surface area contributed by atoms with Gasteiger partial charge in [0.15, 0.2) is 11.6 Å². The van der Waals surface area contributed by atoms with Crippen molar-refractivity contribution in [2.24, 2.45) is 0 Å². The van der Waals surface area contributed by atoms with Gasteiger partial charge in [-0.05, 0) is 36.2 Å². The van der Waals surface area contributed by atoms with Gasteiger partial charge in [-0.1, -0.05) is 37.6 Å². The first-order valence-corrected chi connectivity index (χ1v) is 7.24. The Hall–Kier alpha value is -2.07. The number of halogens is 1. The predicted molar refractivity (Wildman–Crippen MR) is 83.7 cm³/mol. The summed E-state index contributed by atoms with van der Waals surface area (Å²) in [4.78, 5) is 0. The van der Waals surface area contributed by atoms with Gasteiger partial charge >= 0.3 is 0 Å². The first-order chi connectivity index (χ1) is 10.3. The smallest absolute Gasteiger partial charge is 0.165 e. The lowest BCUT2D eigenvalue weighted by Gasteiger charge is -2.11. The Labute approximate surface area is 125 Å². The second kappa shape index (κ2) is 8.27. The van der Waals surface area contributed by atoms with E-state index in [0.29, 0.717) is 18.9 Å². The van der Waals surface area contributed by atoms with E-state index in [4.69, 9.17) is 4.74 Å². The van der Waals surface area contributed by atoms with E-state index in [2.05, 4.69) is 17.8 Å². The van der Waals surface area contributed by atoms with Crippen molar-refractivity contribution >= 4 is 5.69 Å². The molecule has 0 radical (unpaired) electrons. The van der Waals surface area contributed by atoms with E-state index in [1.54, 1.807) is 12.1 Å². The van der Waals surface area contributed by atoms with Crippen molar-refractivity contribution < 1.29 is 9.13 Å². The molecule has 0 unspecified atom stereocenters. The van der Waals surface area contributed by atoms with Gasteiger partial charge in [-0.3, -0.25) is 0 Å². The third kappa shape index (κ3) is 5.08. The van der Waals surface area contributed by atoms with Gasteiger partial charge in [0.25, 0.3) is 0 Å². The normalized spacial score (nSPS) is 10.4. The fourth-order valence-corrected chi connectivity index (χ4v) is 1.86. The first-order valence-electron chi connectivity index (χ1n) is 7.24. The van der Waals surface area contributed by atoms with Crippen molar-refractivity contribution in [1.29, 1.82) is 0 Å². The number of rotatable bonds is 8. The average Bonchev–Trinajstić information content (AvgIpc) is 2.51. The molecule has 0 aliphatic rings. The van der Waals surface area contributed by atoms with Crippen LogP contribution in [0.15, 0.2) is 48.5 Å². The van der Waals surface area contributed by atoms with E-state index in [1.165, 1.54) is 6.07 Å². The lowest BCUT2D eigenvalue weighted by molar-refractivity contribution is 0.294. The number of nitrogens with one attached hydrogen (secondary N) is 2. The average molecular weight is 288 g/mol. The standard InChI is InChI=1S/C17H21FN2O/c1-2-3-11-21-17-12-14(9-10-16(17)18)13-19-20-15-7-5-4-6-8-15/h4-10,12,19-20H,2-3,11,13H2,1H3. The monoisotopic (exact) mass is 288 g/mol. The van der Waals surface area contributed by atoms with Crippen molar-refractivity contribution in [3.05, 3.63) is 59.9 Å². The Morgan fingerprint density at radius 2 is 1.90 bits per heavy atom. The zero-order chi connectivity index (χ0) is 14.9. The molecule has 0 bridgehead atoms. The van der Waals surface area contributed by atoms with Crippen LogP contribution in [0.1, 0.15) is 25.3 Å². The minimum atomic E-state index is -0.314. The minimum absolute atomic E-state index is 0.314. The van der Waals surface area contributed by atoms with Crippen LogP contribution in [0.2, 0.25) is 0 Å². The van der Waals surface area contributed by atoms with Crippen LogP contribution in [-0.4, -0.2) is 6.61 Å². The number of ether oxygens (including phenoxy) is 1. The topological polar surface area (TPSA) is 33.3 Å². The molecule has 3 nitrogen and oxygen atoms in total. The Morgan fingerprint density at radius 3 is 2.67 bits per heavy atom. The van der Waals surface area contributed by atoms with Crippen LogP contribution in [0.5, 0.6) is 5.75 Å². The maximum Gasteiger partial charge on any atom is 0.165 e. The van der Waals surface area contributed by atoms with Crippen molar-refractivity contribution in [2.75, 3.05) is 12.0 Å². The lowest BCUT2D eigenvalue weighted by atomic mass is 10.2. The highest BCUT2D eigenvalue weighted by atomic mass is 19.1. The highest BCUT2D eigenvalue weighted by molar-refractivity contribution is 5.41. The van der Waals surface area contributed by atoms with Gasteiger partial charge in [0.2, 0.25) is 0 Å². The summed E-state index contributed by atoms with van der Waals surface area (Å²) in [6.45, 7) is 3.21. The second-order valence-electron chi connectivity index (χ2n) is 4.81. The van der Waals surface area contributed by atoms with E-state index in [9.17, 15) is 4.39 Å². The summed E-state index contributed by atoms with van der Waals surface area (Å²) in [5.41, 5.74) is 8.15. The molecule has 0 heterocycles. The predicted octanol–water partition coefficient (Wildman–Crippen LogP) is 4.12. The number of benzene rings is 2. The quantitative estimate of drug-likeness (QED) is 0.566. The molecular formula is C17H21FN2O. The van der Waals surface area contributed by atoms with Crippen molar-refractivity contribution in [3.63, 3.8) is 0 Å². The number of unbranched alkanes of at least 4 members (excludes halogenated alkanes) is 1. The van der Waals surface area contributed by atoms with Gasteiger partial charge in [-0.25, -0.2) is 9.82 Å². The van der Waals surface area contributed by atoms with Gasteiger partial charge in [0, 0.05) is 12.2 Å². The minimum Gasteiger partial charge on any atom is -0.491 e. The second-order valence-corrected chi connectivity index (χ2v) is 4.81. The van der Waals surface area contributed by atoms with Crippen LogP contribution in [-0.2, 0) is 6.54 Å². The van der Waals surface area contributed by atoms with Gasteiger partial charge in [0.05, 0.1) is 6.61 Å². The summed E-state index contributed by atoms with van der Waals surface area (Å²) in [6.07, 6.45) is 1.96. The molecule has 0 amide bonds. The summed E-state index contributed by atoms with van der Waals surface area (Å²) in [5, 5.41) is 0.